The lowest BCUT2D eigenvalue weighted by atomic mass is 10.0. The molecule has 1 aromatic carbocycles. The number of ether oxygens (including phenoxy) is 2. The molecule has 17 heavy (non-hydrogen) atoms. The highest BCUT2D eigenvalue weighted by molar-refractivity contribution is 5.55. The number of aliphatic hydroxyl groups is 1. The molecule has 0 saturated heterocycles. The van der Waals surface area contributed by atoms with E-state index in [1.165, 1.54) is 14.2 Å². The van der Waals surface area contributed by atoms with E-state index in [1.807, 2.05) is 0 Å². The average Bonchev–Trinajstić information content (AvgIpc) is 3.02. The lowest BCUT2D eigenvalue weighted by Crippen LogP contribution is -2.12. The number of phenolic OH excluding ortho intramolecular Hbond substituents is 1. The van der Waals surface area contributed by atoms with E-state index in [9.17, 15) is 14.6 Å². The maximum Gasteiger partial charge on any atom is 0.169 e. The number of rotatable bonds is 4. The van der Waals surface area contributed by atoms with E-state index in [0.29, 0.717) is 12.8 Å². The van der Waals surface area contributed by atoms with Crippen LogP contribution in [0.25, 0.3) is 0 Å². The maximum absolute atomic E-state index is 13.5. The molecule has 0 bridgehead atoms. The minimum Gasteiger partial charge on any atom is -0.505 e. The Labute approximate surface area is 98.6 Å². The molecule has 2 N–H and O–H groups in total. The first-order valence-corrected chi connectivity index (χ1v) is 5.35. The summed E-state index contributed by atoms with van der Waals surface area (Å²) >= 11 is 0. The van der Waals surface area contributed by atoms with E-state index in [0.717, 1.165) is 6.07 Å². The van der Waals surface area contributed by atoms with Crippen molar-refractivity contribution in [2.75, 3.05) is 14.2 Å². The predicted octanol–water partition coefficient (Wildman–Crippen LogP) is 1.62. The first-order chi connectivity index (χ1) is 8.00. The van der Waals surface area contributed by atoms with Gasteiger partial charge in [-0.25, -0.2) is 4.39 Å². The molecule has 0 amide bonds. The zero-order chi connectivity index (χ0) is 12.6. The highest BCUT2D eigenvalue weighted by atomic mass is 19.1. The summed E-state index contributed by atoms with van der Waals surface area (Å²) in [6.45, 7) is 0. The number of hydrogen-bond acceptors (Lipinski definition) is 4. The molecule has 1 aliphatic carbocycles. The molecule has 4 nitrogen and oxygen atoms in total. The first-order valence-electron chi connectivity index (χ1n) is 5.35. The van der Waals surface area contributed by atoms with Crippen molar-refractivity contribution >= 4 is 0 Å². The van der Waals surface area contributed by atoms with Crippen LogP contribution in [0.3, 0.4) is 0 Å². The fraction of sp³-hybridized carbons (Fsp3) is 0.500. The van der Waals surface area contributed by atoms with Crippen LogP contribution < -0.4 is 9.47 Å². The zero-order valence-corrected chi connectivity index (χ0v) is 9.79. The van der Waals surface area contributed by atoms with Gasteiger partial charge in [0, 0.05) is 18.1 Å². The number of methoxy groups -OCH3 is 2. The average molecular weight is 242 g/mol. The van der Waals surface area contributed by atoms with E-state index >= 15 is 0 Å². The second kappa shape index (κ2) is 4.07. The molecule has 2 rings (SSSR count). The Morgan fingerprint density at radius 2 is 2.00 bits per heavy atom. The molecule has 0 unspecified atom stereocenters. The van der Waals surface area contributed by atoms with Crippen LogP contribution in [0.1, 0.15) is 18.4 Å². The Morgan fingerprint density at radius 3 is 2.47 bits per heavy atom. The molecule has 1 saturated carbocycles. The summed E-state index contributed by atoms with van der Waals surface area (Å²) in [6.07, 6.45) is 1.46. The van der Waals surface area contributed by atoms with Crippen LogP contribution in [0.5, 0.6) is 17.2 Å². The number of benzene rings is 1. The third-order valence-electron chi connectivity index (χ3n) is 3.02. The molecule has 0 heterocycles. The minimum absolute atomic E-state index is 0.163. The van der Waals surface area contributed by atoms with Gasteiger partial charge >= 0.3 is 0 Å². The van der Waals surface area contributed by atoms with Crippen molar-refractivity contribution in [1.29, 1.82) is 0 Å². The van der Waals surface area contributed by atoms with E-state index in [4.69, 9.17) is 9.47 Å². The van der Waals surface area contributed by atoms with Crippen LogP contribution in [0, 0.1) is 5.82 Å². The third kappa shape index (κ3) is 2.15. The molecule has 0 aromatic heterocycles. The van der Waals surface area contributed by atoms with Crippen molar-refractivity contribution in [3.63, 3.8) is 0 Å². The number of phenols is 1. The fourth-order valence-corrected chi connectivity index (χ4v) is 1.84. The molecule has 0 atom stereocenters. The van der Waals surface area contributed by atoms with Crippen LogP contribution in [0.15, 0.2) is 6.07 Å². The van der Waals surface area contributed by atoms with Gasteiger partial charge in [-0.2, -0.15) is 0 Å². The Bertz CT molecular complexity index is 441. The van der Waals surface area contributed by atoms with Crippen LogP contribution in [0.2, 0.25) is 0 Å². The van der Waals surface area contributed by atoms with Gasteiger partial charge in [0.25, 0.3) is 0 Å². The van der Waals surface area contributed by atoms with Gasteiger partial charge in [0.05, 0.1) is 19.8 Å². The van der Waals surface area contributed by atoms with Crippen molar-refractivity contribution in [1.82, 2.24) is 0 Å². The van der Waals surface area contributed by atoms with Gasteiger partial charge in [0.15, 0.2) is 23.1 Å². The largest absolute Gasteiger partial charge is 0.505 e. The van der Waals surface area contributed by atoms with Gasteiger partial charge in [-0.3, -0.25) is 0 Å². The zero-order valence-electron chi connectivity index (χ0n) is 9.79. The predicted molar refractivity (Wildman–Crippen MR) is 59.1 cm³/mol. The molecule has 5 heteroatoms. The van der Waals surface area contributed by atoms with E-state index in [1.54, 1.807) is 0 Å². The molecular weight excluding hydrogens is 227 g/mol. The first kappa shape index (κ1) is 12.0. The number of aromatic hydroxyl groups is 1. The smallest absolute Gasteiger partial charge is 0.169 e. The highest BCUT2D eigenvalue weighted by Gasteiger charge is 2.42. The molecule has 94 valence electrons. The summed E-state index contributed by atoms with van der Waals surface area (Å²) < 4.78 is 23.6. The van der Waals surface area contributed by atoms with Crippen molar-refractivity contribution in [2.24, 2.45) is 0 Å². The maximum atomic E-state index is 13.5. The van der Waals surface area contributed by atoms with Crippen LogP contribution in [-0.4, -0.2) is 30.0 Å². The second-order valence-electron chi connectivity index (χ2n) is 4.32. The monoisotopic (exact) mass is 242 g/mol. The van der Waals surface area contributed by atoms with Crippen LogP contribution in [-0.2, 0) is 6.42 Å². The lowest BCUT2D eigenvalue weighted by molar-refractivity contribution is 0.148. The van der Waals surface area contributed by atoms with Crippen molar-refractivity contribution in [3.8, 4) is 17.2 Å². The number of hydrogen-bond donors (Lipinski definition) is 2. The van der Waals surface area contributed by atoms with Gasteiger partial charge in [0.2, 0.25) is 0 Å². The molecule has 1 fully saturated rings. The molecule has 0 radical (unpaired) electrons. The van der Waals surface area contributed by atoms with Gasteiger partial charge in [-0.05, 0) is 12.8 Å². The Hall–Kier alpha value is -1.49. The van der Waals surface area contributed by atoms with Crippen LogP contribution in [0.4, 0.5) is 4.39 Å². The lowest BCUT2D eigenvalue weighted by Gasteiger charge is -2.16. The molecular formula is C12H15FO4. The quantitative estimate of drug-likeness (QED) is 0.842. The molecule has 0 spiro atoms. The summed E-state index contributed by atoms with van der Waals surface area (Å²) in [5, 5.41) is 19.6. The standard InChI is InChI=1S/C12H15FO4/c1-16-9-5-8(13)10(14)7(11(9)17-2)6-12(15)3-4-12/h5,14-15H,3-4,6H2,1-2H3. The third-order valence-corrected chi connectivity index (χ3v) is 3.02. The summed E-state index contributed by atoms with van der Waals surface area (Å²) in [7, 11) is 2.81. The highest BCUT2D eigenvalue weighted by Crippen LogP contribution is 2.46. The van der Waals surface area contributed by atoms with Gasteiger partial charge in [-0.1, -0.05) is 0 Å². The Kier molecular flexibility index (Phi) is 2.87. The van der Waals surface area contributed by atoms with Gasteiger partial charge in [-0.15, -0.1) is 0 Å². The van der Waals surface area contributed by atoms with E-state index in [-0.39, 0.29) is 23.5 Å². The SMILES string of the molecule is COc1cc(F)c(O)c(CC2(O)CC2)c1OC. The van der Waals surface area contributed by atoms with Gasteiger partial charge < -0.3 is 19.7 Å². The minimum atomic E-state index is -0.844. The van der Waals surface area contributed by atoms with Crippen molar-refractivity contribution in [3.05, 3.63) is 17.4 Å². The second-order valence-corrected chi connectivity index (χ2v) is 4.32. The molecule has 1 aliphatic rings. The molecule has 0 aliphatic heterocycles. The Balaban J connectivity index is 2.48. The number of halogens is 1. The summed E-state index contributed by atoms with van der Waals surface area (Å²) in [4.78, 5) is 0. The topological polar surface area (TPSA) is 58.9 Å². The summed E-state index contributed by atoms with van der Waals surface area (Å²) in [5.74, 6) is -0.779. The fourth-order valence-electron chi connectivity index (χ4n) is 1.84. The molecule has 1 aromatic rings. The Morgan fingerprint density at radius 1 is 1.35 bits per heavy atom. The normalized spacial score (nSPS) is 16.7. The van der Waals surface area contributed by atoms with Gasteiger partial charge in [0.1, 0.15) is 0 Å². The van der Waals surface area contributed by atoms with Crippen molar-refractivity contribution < 1.29 is 24.1 Å². The summed E-state index contributed by atoms with van der Waals surface area (Å²) in [5.41, 5.74) is -0.590. The summed E-state index contributed by atoms with van der Waals surface area (Å²) in [6, 6.07) is 1.06. The van der Waals surface area contributed by atoms with Crippen molar-refractivity contribution in [2.45, 2.75) is 24.9 Å². The van der Waals surface area contributed by atoms with E-state index < -0.39 is 17.2 Å². The van der Waals surface area contributed by atoms with E-state index in [2.05, 4.69) is 0 Å². The van der Waals surface area contributed by atoms with Crippen LogP contribution >= 0.6 is 0 Å².